The van der Waals surface area contributed by atoms with Gasteiger partial charge in [0.05, 0.1) is 12.8 Å². The predicted octanol–water partition coefficient (Wildman–Crippen LogP) is 3.72. The first-order valence-electron chi connectivity index (χ1n) is 6.35. The summed E-state index contributed by atoms with van der Waals surface area (Å²) in [5.74, 6) is 0.890. The molecule has 20 heavy (non-hydrogen) atoms. The van der Waals surface area contributed by atoms with Crippen LogP contribution in [0.25, 0.3) is 11.1 Å². The first kappa shape index (κ1) is 13.1. The van der Waals surface area contributed by atoms with Crippen LogP contribution in [0.15, 0.2) is 42.5 Å². The minimum absolute atomic E-state index is 0.0634. The van der Waals surface area contributed by atoms with Crippen molar-refractivity contribution in [3.8, 4) is 16.9 Å². The van der Waals surface area contributed by atoms with Gasteiger partial charge in [0.1, 0.15) is 11.0 Å². The third-order valence-corrected chi connectivity index (χ3v) is 4.44. The zero-order valence-electron chi connectivity index (χ0n) is 11.3. The normalized spacial score (nSPS) is 16.7. The molecule has 102 valence electrons. The van der Waals surface area contributed by atoms with Gasteiger partial charge in [0.15, 0.2) is 0 Å². The molecule has 1 aliphatic rings. The molecule has 1 heterocycles. The third kappa shape index (κ3) is 2.06. The van der Waals surface area contributed by atoms with Crippen molar-refractivity contribution in [3.05, 3.63) is 48.0 Å². The van der Waals surface area contributed by atoms with Crippen LogP contribution >= 0.6 is 11.8 Å². The zero-order chi connectivity index (χ0) is 14.1. The largest absolute Gasteiger partial charge is 0.497 e. The molecular formula is C16H15NO2S. The number of ether oxygens (including phenoxy) is 1. The lowest BCUT2D eigenvalue weighted by Crippen LogP contribution is -2.08. The second-order valence-corrected chi connectivity index (χ2v) is 5.55. The van der Waals surface area contributed by atoms with Crippen LogP contribution in [0.2, 0.25) is 0 Å². The molecule has 0 saturated heterocycles. The van der Waals surface area contributed by atoms with Gasteiger partial charge in [0.2, 0.25) is 5.91 Å². The van der Waals surface area contributed by atoms with E-state index in [2.05, 4.69) is 5.32 Å². The third-order valence-electron chi connectivity index (χ3n) is 3.50. The molecule has 1 aliphatic heterocycles. The van der Waals surface area contributed by atoms with Gasteiger partial charge in [-0.3, -0.25) is 4.79 Å². The number of fused-ring (bicyclic) bond motifs is 1. The van der Waals surface area contributed by atoms with Crippen molar-refractivity contribution in [2.45, 2.75) is 5.25 Å². The van der Waals surface area contributed by atoms with E-state index in [1.165, 1.54) is 0 Å². The average molecular weight is 285 g/mol. The summed E-state index contributed by atoms with van der Waals surface area (Å²) < 4.78 is 5.18. The fourth-order valence-electron chi connectivity index (χ4n) is 2.50. The second kappa shape index (κ2) is 5.21. The van der Waals surface area contributed by atoms with E-state index in [1.54, 1.807) is 18.9 Å². The first-order valence-corrected chi connectivity index (χ1v) is 7.64. The van der Waals surface area contributed by atoms with Crippen molar-refractivity contribution in [2.75, 3.05) is 18.7 Å². The highest BCUT2D eigenvalue weighted by atomic mass is 32.2. The van der Waals surface area contributed by atoms with E-state index in [0.717, 1.165) is 28.1 Å². The van der Waals surface area contributed by atoms with E-state index in [1.807, 2.05) is 48.7 Å². The van der Waals surface area contributed by atoms with E-state index in [-0.39, 0.29) is 11.2 Å². The Labute approximate surface area is 122 Å². The highest BCUT2D eigenvalue weighted by Gasteiger charge is 2.31. The van der Waals surface area contributed by atoms with Crippen LogP contribution in [0.1, 0.15) is 10.8 Å². The average Bonchev–Trinajstić information content (AvgIpc) is 2.82. The number of carbonyl (C=O) groups is 1. The number of carbonyl (C=O) groups excluding carboxylic acids is 1. The molecule has 0 bridgehead atoms. The molecule has 0 aliphatic carbocycles. The Morgan fingerprint density at radius 2 is 1.90 bits per heavy atom. The molecule has 0 radical (unpaired) electrons. The van der Waals surface area contributed by atoms with Gasteiger partial charge >= 0.3 is 0 Å². The lowest BCUT2D eigenvalue weighted by atomic mass is 10.0. The summed E-state index contributed by atoms with van der Waals surface area (Å²) in [6, 6.07) is 13.9. The molecule has 3 rings (SSSR count). The molecule has 3 nitrogen and oxygen atoms in total. The van der Waals surface area contributed by atoms with Gasteiger partial charge in [0.25, 0.3) is 0 Å². The topological polar surface area (TPSA) is 38.3 Å². The molecule has 0 saturated carbocycles. The quantitative estimate of drug-likeness (QED) is 0.934. The Morgan fingerprint density at radius 1 is 1.15 bits per heavy atom. The number of hydrogen-bond acceptors (Lipinski definition) is 3. The lowest BCUT2D eigenvalue weighted by Gasteiger charge is -2.09. The van der Waals surface area contributed by atoms with Crippen molar-refractivity contribution < 1.29 is 9.53 Å². The van der Waals surface area contributed by atoms with Gasteiger partial charge in [-0.1, -0.05) is 30.3 Å². The van der Waals surface area contributed by atoms with Crippen molar-refractivity contribution in [3.63, 3.8) is 0 Å². The zero-order valence-corrected chi connectivity index (χ0v) is 12.2. The van der Waals surface area contributed by atoms with Crippen molar-refractivity contribution in [1.29, 1.82) is 0 Å². The highest BCUT2D eigenvalue weighted by Crippen LogP contribution is 2.43. The molecule has 4 heteroatoms. The number of methoxy groups -OCH3 is 1. The molecule has 0 fully saturated rings. The number of hydrogen-bond donors (Lipinski definition) is 1. The Morgan fingerprint density at radius 3 is 2.55 bits per heavy atom. The van der Waals surface area contributed by atoms with Gasteiger partial charge in [-0.25, -0.2) is 0 Å². The van der Waals surface area contributed by atoms with E-state index in [4.69, 9.17) is 4.74 Å². The lowest BCUT2D eigenvalue weighted by molar-refractivity contribution is -0.115. The molecule has 1 N–H and O–H groups in total. The summed E-state index contributed by atoms with van der Waals surface area (Å²) in [4.78, 5) is 12.0. The van der Waals surface area contributed by atoms with E-state index in [0.29, 0.717) is 0 Å². The first-order chi connectivity index (χ1) is 9.74. The summed E-state index contributed by atoms with van der Waals surface area (Å²) in [5, 5.41) is 2.89. The standard InChI is InChI=1S/C16H15NO2S/c1-19-11-8-6-10(7-9-11)12-4-3-5-13-14(12)17-16(18)15(13)20-2/h3-9,15H,1-2H3,(H,17,18). The Kier molecular flexibility index (Phi) is 3.40. The fourth-order valence-corrected chi connectivity index (χ4v) is 3.23. The molecule has 2 aromatic rings. The highest BCUT2D eigenvalue weighted by molar-refractivity contribution is 7.99. The van der Waals surface area contributed by atoms with Gasteiger partial charge < -0.3 is 10.1 Å². The van der Waals surface area contributed by atoms with Gasteiger partial charge in [-0.05, 0) is 29.5 Å². The monoisotopic (exact) mass is 285 g/mol. The van der Waals surface area contributed by atoms with E-state index >= 15 is 0 Å². The number of rotatable bonds is 3. The Balaban J connectivity index is 2.07. The summed E-state index contributed by atoms with van der Waals surface area (Å²) in [6.45, 7) is 0. The summed E-state index contributed by atoms with van der Waals surface area (Å²) in [5.41, 5.74) is 4.12. The predicted molar refractivity (Wildman–Crippen MR) is 83.3 cm³/mol. The molecule has 1 unspecified atom stereocenters. The maximum atomic E-state index is 12.0. The number of para-hydroxylation sites is 1. The molecule has 0 aromatic heterocycles. The van der Waals surface area contributed by atoms with Crippen molar-refractivity contribution in [1.82, 2.24) is 0 Å². The number of anilines is 1. The maximum absolute atomic E-state index is 12.0. The number of thioether (sulfide) groups is 1. The van der Waals surface area contributed by atoms with Crippen LogP contribution in [0.5, 0.6) is 5.75 Å². The van der Waals surface area contributed by atoms with E-state index < -0.39 is 0 Å². The maximum Gasteiger partial charge on any atom is 0.242 e. The number of amides is 1. The molecular weight excluding hydrogens is 270 g/mol. The summed E-state index contributed by atoms with van der Waals surface area (Å²) in [7, 11) is 1.65. The van der Waals surface area contributed by atoms with Crippen LogP contribution in [-0.4, -0.2) is 19.3 Å². The Bertz CT molecular complexity index is 652. The van der Waals surface area contributed by atoms with Crippen molar-refractivity contribution in [2.24, 2.45) is 0 Å². The molecule has 0 spiro atoms. The van der Waals surface area contributed by atoms with Crippen LogP contribution in [0.3, 0.4) is 0 Å². The van der Waals surface area contributed by atoms with Crippen LogP contribution in [-0.2, 0) is 4.79 Å². The minimum Gasteiger partial charge on any atom is -0.497 e. The second-order valence-electron chi connectivity index (χ2n) is 4.60. The molecule has 1 amide bonds. The molecule has 2 aromatic carbocycles. The smallest absolute Gasteiger partial charge is 0.242 e. The van der Waals surface area contributed by atoms with Crippen molar-refractivity contribution >= 4 is 23.4 Å². The van der Waals surface area contributed by atoms with Crippen LogP contribution < -0.4 is 10.1 Å². The van der Waals surface area contributed by atoms with Crippen LogP contribution in [0.4, 0.5) is 5.69 Å². The van der Waals surface area contributed by atoms with Crippen LogP contribution in [0, 0.1) is 0 Å². The number of benzene rings is 2. The molecule has 1 atom stereocenters. The fraction of sp³-hybridized carbons (Fsp3) is 0.188. The minimum atomic E-state index is -0.108. The summed E-state index contributed by atoms with van der Waals surface area (Å²) >= 11 is 1.56. The van der Waals surface area contributed by atoms with Gasteiger partial charge in [-0.15, -0.1) is 11.8 Å². The summed E-state index contributed by atoms with van der Waals surface area (Å²) in [6.07, 6.45) is 1.96. The Hall–Kier alpha value is -1.94. The van der Waals surface area contributed by atoms with Gasteiger partial charge in [0, 0.05) is 5.56 Å². The SMILES string of the molecule is COc1ccc(-c2cccc3c2NC(=O)C3SC)cc1. The van der Waals surface area contributed by atoms with Gasteiger partial charge in [-0.2, -0.15) is 0 Å². The number of nitrogens with one attached hydrogen (secondary N) is 1. The van der Waals surface area contributed by atoms with E-state index in [9.17, 15) is 4.79 Å².